The highest BCUT2D eigenvalue weighted by atomic mass is 16.6. The molecule has 2 atom stereocenters. The van der Waals surface area contributed by atoms with Crippen LogP contribution in [0.3, 0.4) is 0 Å². The molecular formula is C19H29N3O6. The summed E-state index contributed by atoms with van der Waals surface area (Å²) in [5.41, 5.74) is 0.275. The molecule has 156 valence electrons. The van der Waals surface area contributed by atoms with Gasteiger partial charge in [-0.2, -0.15) is 0 Å². The minimum Gasteiger partial charge on any atom is -0.444 e. The summed E-state index contributed by atoms with van der Waals surface area (Å²) in [5.74, 6) is 0. The van der Waals surface area contributed by atoms with E-state index in [1.165, 1.54) is 6.07 Å². The van der Waals surface area contributed by atoms with Crippen molar-refractivity contribution in [1.82, 2.24) is 9.80 Å². The molecule has 1 aromatic carbocycles. The van der Waals surface area contributed by atoms with Gasteiger partial charge in [0.1, 0.15) is 5.60 Å². The van der Waals surface area contributed by atoms with E-state index in [1.807, 2.05) is 4.90 Å². The summed E-state index contributed by atoms with van der Waals surface area (Å²) in [4.78, 5) is 26.3. The number of aliphatic hydroxyl groups excluding tert-OH is 2. The fourth-order valence-electron chi connectivity index (χ4n) is 3.32. The van der Waals surface area contributed by atoms with Crippen molar-refractivity contribution >= 4 is 11.8 Å². The van der Waals surface area contributed by atoms with Gasteiger partial charge in [0.25, 0.3) is 5.69 Å². The Bertz CT molecular complexity index is 718. The van der Waals surface area contributed by atoms with E-state index in [9.17, 15) is 25.1 Å². The Morgan fingerprint density at radius 3 is 2.64 bits per heavy atom. The van der Waals surface area contributed by atoms with Gasteiger partial charge in [-0.25, -0.2) is 4.79 Å². The summed E-state index contributed by atoms with van der Waals surface area (Å²) in [6, 6.07) is 4.27. The first-order valence-electron chi connectivity index (χ1n) is 9.28. The Kier molecular flexibility index (Phi) is 6.97. The number of ether oxygens (including phenoxy) is 1. The second-order valence-electron chi connectivity index (χ2n) is 8.02. The number of carbonyl (C=O) groups is 1. The summed E-state index contributed by atoms with van der Waals surface area (Å²) in [7, 11) is 0. The fraction of sp³-hybridized carbons (Fsp3) is 0.632. The van der Waals surface area contributed by atoms with Crippen molar-refractivity contribution in [2.75, 3.05) is 32.8 Å². The molecule has 0 saturated carbocycles. The van der Waals surface area contributed by atoms with Gasteiger partial charge in [0.15, 0.2) is 0 Å². The van der Waals surface area contributed by atoms with Crippen molar-refractivity contribution < 1.29 is 24.7 Å². The number of hydrogen-bond acceptors (Lipinski definition) is 7. The van der Waals surface area contributed by atoms with Crippen molar-refractivity contribution in [2.45, 2.75) is 45.4 Å². The van der Waals surface area contributed by atoms with Gasteiger partial charge >= 0.3 is 6.09 Å². The number of aliphatic hydroxyl groups is 2. The number of nitro groups is 1. The number of carbonyl (C=O) groups excluding carboxylic acids is 1. The predicted octanol–water partition coefficient (Wildman–Crippen LogP) is 1.85. The van der Waals surface area contributed by atoms with E-state index < -0.39 is 22.7 Å². The SMILES string of the molecule is Cc1c(C(O)CN2CCN(C(=O)OC(C)(C)C)C[C@H]2CO)cccc1[N+](=O)[O-]. The summed E-state index contributed by atoms with van der Waals surface area (Å²) in [6.07, 6.45) is -1.37. The molecule has 9 nitrogen and oxygen atoms in total. The molecule has 1 fully saturated rings. The fourth-order valence-corrected chi connectivity index (χ4v) is 3.32. The number of amides is 1. The lowest BCUT2D eigenvalue weighted by Gasteiger charge is -2.41. The van der Waals surface area contributed by atoms with E-state index >= 15 is 0 Å². The zero-order valence-corrected chi connectivity index (χ0v) is 16.8. The topological polar surface area (TPSA) is 116 Å². The highest BCUT2D eigenvalue weighted by molar-refractivity contribution is 5.68. The maximum absolute atomic E-state index is 12.3. The second kappa shape index (κ2) is 8.85. The number of piperazine rings is 1. The normalized spacial score (nSPS) is 19.4. The first kappa shape index (κ1) is 22.1. The summed E-state index contributed by atoms with van der Waals surface area (Å²) in [6.45, 7) is 8.16. The van der Waals surface area contributed by atoms with Gasteiger partial charge in [-0.15, -0.1) is 0 Å². The van der Waals surface area contributed by atoms with Crippen LogP contribution in [0.1, 0.15) is 38.0 Å². The van der Waals surface area contributed by atoms with Crippen molar-refractivity contribution in [3.05, 3.63) is 39.4 Å². The first-order chi connectivity index (χ1) is 13.0. The number of hydrogen-bond donors (Lipinski definition) is 2. The molecule has 0 spiro atoms. The first-order valence-corrected chi connectivity index (χ1v) is 9.28. The molecule has 0 aromatic heterocycles. The van der Waals surface area contributed by atoms with E-state index in [4.69, 9.17) is 4.74 Å². The third-order valence-electron chi connectivity index (χ3n) is 4.78. The Morgan fingerprint density at radius 1 is 1.39 bits per heavy atom. The van der Waals surface area contributed by atoms with Crippen LogP contribution in [0.2, 0.25) is 0 Å². The summed E-state index contributed by atoms with van der Waals surface area (Å²) >= 11 is 0. The molecule has 0 bridgehead atoms. The Labute approximate surface area is 164 Å². The molecule has 1 aliphatic rings. The predicted molar refractivity (Wildman–Crippen MR) is 103 cm³/mol. The maximum atomic E-state index is 12.3. The molecule has 1 unspecified atom stereocenters. The minimum absolute atomic E-state index is 0.0370. The quantitative estimate of drug-likeness (QED) is 0.577. The zero-order valence-electron chi connectivity index (χ0n) is 16.8. The lowest BCUT2D eigenvalue weighted by Crippen LogP contribution is -2.57. The van der Waals surface area contributed by atoms with E-state index in [0.29, 0.717) is 24.2 Å². The molecule has 9 heteroatoms. The Morgan fingerprint density at radius 2 is 2.07 bits per heavy atom. The average Bonchev–Trinajstić information content (AvgIpc) is 2.60. The molecule has 2 rings (SSSR count). The Hall–Kier alpha value is -2.23. The van der Waals surface area contributed by atoms with Crippen LogP contribution in [0.15, 0.2) is 18.2 Å². The lowest BCUT2D eigenvalue weighted by atomic mass is 10.0. The van der Waals surface area contributed by atoms with Crippen LogP contribution in [0.25, 0.3) is 0 Å². The van der Waals surface area contributed by atoms with Gasteiger partial charge in [-0.1, -0.05) is 12.1 Å². The van der Waals surface area contributed by atoms with Crippen molar-refractivity contribution in [2.24, 2.45) is 0 Å². The van der Waals surface area contributed by atoms with Crippen LogP contribution < -0.4 is 0 Å². The molecule has 1 aliphatic heterocycles. The van der Waals surface area contributed by atoms with Crippen LogP contribution >= 0.6 is 0 Å². The average molecular weight is 395 g/mol. The molecule has 2 N–H and O–H groups in total. The summed E-state index contributed by atoms with van der Waals surface area (Å²) < 4.78 is 5.38. The lowest BCUT2D eigenvalue weighted by molar-refractivity contribution is -0.385. The van der Waals surface area contributed by atoms with Crippen LogP contribution in [0.4, 0.5) is 10.5 Å². The van der Waals surface area contributed by atoms with Gasteiger partial charge in [0.05, 0.1) is 23.7 Å². The number of benzene rings is 1. The summed E-state index contributed by atoms with van der Waals surface area (Å²) in [5, 5.41) is 31.5. The molecule has 0 aliphatic carbocycles. The largest absolute Gasteiger partial charge is 0.444 e. The monoisotopic (exact) mass is 395 g/mol. The number of nitrogens with zero attached hydrogens (tertiary/aromatic N) is 3. The number of rotatable bonds is 5. The highest BCUT2D eigenvalue weighted by Gasteiger charge is 2.33. The van der Waals surface area contributed by atoms with Crippen molar-refractivity contribution in [3.63, 3.8) is 0 Å². The van der Waals surface area contributed by atoms with Crippen LogP contribution in [-0.2, 0) is 4.74 Å². The van der Waals surface area contributed by atoms with E-state index in [2.05, 4.69) is 0 Å². The molecule has 1 aromatic rings. The molecular weight excluding hydrogens is 366 g/mol. The number of β-amino-alcohol motifs (C(OH)–C–C–N with tert-alkyl or cyclic N) is 1. The smallest absolute Gasteiger partial charge is 0.410 e. The molecule has 1 saturated heterocycles. The van der Waals surface area contributed by atoms with Crippen molar-refractivity contribution in [3.8, 4) is 0 Å². The van der Waals surface area contributed by atoms with Crippen LogP contribution in [0, 0.1) is 17.0 Å². The van der Waals surface area contributed by atoms with Gasteiger partial charge in [-0.05, 0) is 33.3 Å². The van der Waals surface area contributed by atoms with Crippen molar-refractivity contribution in [1.29, 1.82) is 0 Å². The molecule has 0 radical (unpaired) electrons. The van der Waals surface area contributed by atoms with E-state index in [1.54, 1.807) is 44.7 Å². The molecule has 28 heavy (non-hydrogen) atoms. The zero-order chi connectivity index (χ0) is 21.1. The van der Waals surface area contributed by atoms with E-state index in [-0.39, 0.29) is 31.4 Å². The van der Waals surface area contributed by atoms with Crippen LogP contribution in [0.5, 0.6) is 0 Å². The van der Waals surface area contributed by atoms with E-state index in [0.717, 1.165) is 0 Å². The second-order valence-corrected chi connectivity index (χ2v) is 8.02. The van der Waals surface area contributed by atoms with Gasteiger partial charge in [-0.3, -0.25) is 15.0 Å². The van der Waals surface area contributed by atoms with Gasteiger partial charge in [0.2, 0.25) is 0 Å². The third-order valence-corrected chi connectivity index (χ3v) is 4.78. The van der Waals surface area contributed by atoms with Crippen LogP contribution in [-0.4, -0.2) is 75.5 Å². The number of nitro benzene ring substituents is 1. The van der Waals surface area contributed by atoms with Gasteiger partial charge in [0, 0.05) is 37.8 Å². The standard InChI is InChI=1S/C19H29N3O6/c1-13-15(6-5-7-16(13)22(26)27)17(24)11-20-8-9-21(10-14(20)12-23)18(25)28-19(2,3)4/h5-7,14,17,23-24H,8-12H2,1-4H3/t14-,17?/m0/s1. The molecule has 1 amide bonds. The van der Waals surface area contributed by atoms with Gasteiger partial charge < -0.3 is 19.8 Å². The third kappa shape index (κ3) is 5.40. The highest BCUT2D eigenvalue weighted by Crippen LogP contribution is 2.27. The molecule has 1 heterocycles. The maximum Gasteiger partial charge on any atom is 0.410 e. The minimum atomic E-state index is -0.943. The Balaban J connectivity index is 2.06.